The number of carbonyl (C=O) groups excluding carboxylic acids is 1. The summed E-state index contributed by atoms with van der Waals surface area (Å²) in [5, 5.41) is 0. The first-order valence-corrected chi connectivity index (χ1v) is 13.2. The maximum atomic E-state index is 11.3. The highest BCUT2D eigenvalue weighted by atomic mass is 16.5. The second kappa shape index (κ2) is 9.34. The Kier molecular flexibility index (Phi) is 6.04. The molecule has 2 saturated heterocycles. The first-order chi connectivity index (χ1) is 17.1. The van der Waals surface area contributed by atoms with Gasteiger partial charge in [-0.1, -0.05) is 12.5 Å². The van der Waals surface area contributed by atoms with Crippen LogP contribution in [0.25, 0.3) is 0 Å². The number of benzene rings is 1. The highest BCUT2D eigenvalue weighted by Gasteiger charge is 2.39. The Bertz CT molecular complexity index is 1050. The molecule has 1 spiro atoms. The van der Waals surface area contributed by atoms with Crippen molar-refractivity contribution in [2.75, 3.05) is 37.7 Å². The summed E-state index contributed by atoms with van der Waals surface area (Å²) in [6, 6.07) is 11.0. The third kappa shape index (κ3) is 4.70. The number of piperidine rings is 2. The van der Waals surface area contributed by atoms with E-state index in [2.05, 4.69) is 33.0 Å². The zero-order chi connectivity index (χ0) is 23.8. The molecule has 35 heavy (non-hydrogen) atoms. The summed E-state index contributed by atoms with van der Waals surface area (Å²) in [5.41, 5.74) is 7.25. The molecule has 2 aromatic rings. The fourth-order valence-corrected chi connectivity index (χ4v) is 6.13. The number of hydrogen-bond acceptors (Lipinski definition) is 6. The molecule has 1 aliphatic carbocycles. The van der Waals surface area contributed by atoms with E-state index in [9.17, 15) is 4.79 Å². The number of amides is 1. The second-order valence-corrected chi connectivity index (χ2v) is 10.9. The molecule has 4 heterocycles. The van der Waals surface area contributed by atoms with Gasteiger partial charge in [0, 0.05) is 49.9 Å². The second-order valence-electron chi connectivity index (χ2n) is 10.9. The monoisotopic (exact) mass is 476 g/mol. The fraction of sp³-hybridized carbons (Fsp3) is 0.571. The maximum Gasteiger partial charge on any atom is 0.250 e. The van der Waals surface area contributed by atoms with Crippen molar-refractivity contribution in [2.45, 2.75) is 63.5 Å². The number of nitrogens with two attached hydrogens (primary N) is 1. The molecule has 7 heteroatoms. The Balaban J connectivity index is 1.03. The summed E-state index contributed by atoms with van der Waals surface area (Å²) in [4.78, 5) is 20.7. The summed E-state index contributed by atoms with van der Waals surface area (Å²) >= 11 is 0. The number of ether oxygens (including phenoxy) is 2. The van der Waals surface area contributed by atoms with Gasteiger partial charge >= 0.3 is 0 Å². The lowest BCUT2D eigenvalue weighted by Crippen LogP contribution is -2.46. The average molecular weight is 477 g/mol. The van der Waals surface area contributed by atoms with Crippen LogP contribution in [0, 0.1) is 5.41 Å². The van der Waals surface area contributed by atoms with Crippen LogP contribution >= 0.6 is 0 Å². The number of likely N-dealkylation sites (tertiary alicyclic amines) is 1. The molecule has 0 radical (unpaired) electrons. The Hall–Kier alpha value is -2.80. The van der Waals surface area contributed by atoms with E-state index in [1.807, 2.05) is 6.07 Å². The van der Waals surface area contributed by atoms with Gasteiger partial charge in [-0.25, -0.2) is 4.98 Å². The highest BCUT2D eigenvalue weighted by molar-refractivity contribution is 5.92. The van der Waals surface area contributed by atoms with Crippen molar-refractivity contribution in [3.8, 4) is 11.5 Å². The van der Waals surface area contributed by atoms with Gasteiger partial charge in [0.15, 0.2) is 0 Å². The van der Waals surface area contributed by atoms with Gasteiger partial charge < -0.3 is 25.0 Å². The maximum absolute atomic E-state index is 11.3. The van der Waals surface area contributed by atoms with Crippen LogP contribution in [-0.2, 0) is 6.42 Å². The van der Waals surface area contributed by atoms with Gasteiger partial charge in [-0.2, -0.15) is 0 Å². The van der Waals surface area contributed by atoms with Gasteiger partial charge in [0.2, 0.25) is 5.91 Å². The first kappa shape index (κ1) is 22.7. The van der Waals surface area contributed by atoms with Crippen molar-refractivity contribution in [3.05, 3.63) is 47.7 Å². The minimum atomic E-state index is -0.442. The van der Waals surface area contributed by atoms with E-state index in [1.165, 1.54) is 37.9 Å². The molecule has 3 aliphatic heterocycles. The van der Waals surface area contributed by atoms with Crippen molar-refractivity contribution in [1.29, 1.82) is 0 Å². The Morgan fingerprint density at radius 3 is 2.51 bits per heavy atom. The van der Waals surface area contributed by atoms with Crippen molar-refractivity contribution < 1.29 is 14.3 Å². The zero-order valence-corrected chi connectivity index (χ0v) is 20.5. The molecular weight excluding hydrogens is 440 g/mol. The predicted octanol–water partition coefficient (Wildman–Crippen LogP) is 3.80. The van der Waals surface area contributed by atoms with E-state index in [1.54, 1.807) is 12.3 Å². The molecule has 2 N–H and O–H groups in total. The van der Waals surface area contributed by atoms with Crippen LogP contribution in [0.4, 0.5) is 5.82 Å². The van der Waals surface area contributed by atoms with Crippen LogP contribution in [-0.4, -0.2) is 60.7 Å². The molecule has 1 aromatic carbocycles. The predicted molar refractivity (Wildman–Crippen MR) is 135 cm³/mol. The molecule has 3 fully saturated rings. The number of pyridine rings is 1. The van der Waals surface area contributed by atoms with Crippen LogP contribution < -0.4 is 20.1 Å². The van der Waals surface area contributed by atoms with E-state index in [4.69, 9.17) is 15.2 Å². The smallest absolute Gasteiger partial charge is 0.250 e. The van der Waals surface area contributed by atoms with E-state index >= 15 is 0 Å². The number of nitrogens with zero attached hydrogens (tertiary/aromatic N) is 3. The summed E-state index contributed by atoms with van der Waals surface area (Å²) < 4.78 is 12.7. The van der Waals surface area contributed by atoms with E-state index in [0.29, 0.717) is 11.7 Å². The van der Waals surface area contributed by atoms with Crippen molar-refractivity contribution in [2.24, 2.45) is 11.1 Å². The fourth-order valence-electron chi connectivity index (χ4n) is 6.13. The van der Waals surface area contributed by atoms with Crippen molar-refractivity contribution in [1.82, 2.24) is 9.88 Å². The molecule has 1 aromatic heterocycles. The average Bonchev–Trinajstić information content (AvgIpc) is 2.85. The summed E-state index contributed by atoms with van der Waals surface area (Å²) in [6.45, 7) is 4.96. The summed E-state index contributed by atoms with van der Waals surface area (Å²) in [5.74, 6) is 2.40. The zero-order valence-electron chi connectivity index (χ0n) is 20.5. The van der Waals surface area contributed by atoms with Crippen LogP contribution in [0.15, 0.2) is 36.5 Å². The Morgan fingerprint density at radius 2 is 1.86 bits per heavy atom. The van der Waals surface area contributed by atoms with Gasteiger partial charge in [-0.05, 0) is 68.7 Å². The first-order valence-electron chi connectivity index (χ1n) is 13.2. The van der Waals surface area contributed by atoms with E-state index in [0.717, 1.165) is 75.2 Å². The topological polar surface area (TPSA) is 80.9 Å². The van der Waals surface area contributed by atoms with Crippen LogP contribution in [0.2, 0.25) is 0 Å². The lowest BCUT2D eigenvalue weighted by atomic mass is 9.73. The number of anilines is 1. The van der Waals surface area contributed by atoms with Gasteiger partial charge in [-0.15, -0.1) is 0 Å². The van der Waals surface area contributed by atoms with Crippen LogP contribution in [0.5, 0.6) is 11.5 Å². The Labute approximate surface area is 207 Å². The molecule has 6 rings (SSSR count). The minimum absolute atomic E-state index is 0.174. The SMILES string of the molecule is NC(=O)c1ccc(N2CCC3(CC2)COc2cc(OC4CCN(C5CCC5)CC4)ccc2C3)nc1. The van der Waals surface area contributed by atoms with Gasteiger partial charge in [0.05, 0.1) is 12.2 Å². The number of aromatic nitrogens is 1. The van der Waals surface area contributed by atoms with Crippen LogP contribution in [0.1, 0.15) is 60.9 Å². The van der Waals surface area contributed by atoms with Gasteiger partial charge in [-0.3, -0.25) is 4.79 Å². The number of primary amides is 1. The largest absolute Gasteiger partial charge is 0.493 e. The highest BCUT2D eigenvalue weighted by Crippen LogP contribution is 2.43. The normalized spacial score (nSPS) is 22.8. The summed E-state index contributed by atoms with van der Waals surface area (Å²) in [6.07, 6.45) is 11.5. The third-order valence-electron chi connectivity index (χ3n) is 8.69. The lowest BCUT2D eigenvalue weighted by Gasteiger charge is -2.44. The van der Waals surface area contributed by atoms with Crippen molar-refractivity contribution >= 4 is 11.7 Å². The number of carbonyl (C=O) groups is 1. The van der Waals surface area contributed by atoms with Gasteiger partial charge in [0.1, 0.15) is 23.4 Å². The third-order valence-corrected chi connectivity index (χ3v) is 8.69. The quantitative estimate of drug-likeness (QED) is 0.707. The number of hydrogen-bond donors (Lipinski definition) is 1. The van der Waals surface area contributed by atoms with Gasteiger partial charge in [0.25, 0.3) is 0 Å². The lowest BCUT2D eigenvalue weighted by molar-refractivity contribution is 0.0488. The van der Waals surface area contributed by atoms with E-state index in [-0.39, 0.29) is 5.41 Å². The van der Waals surface area contributed by atoms with Crippen LogP contribution in [0.3, 0.4) is 0 Å². The molecule has 1 saturated carbocycles. The molecule has 0 bridgehead atoms. The number of rotatable bonds is 5. The molecule has 1 amide bonds. The molecule has 186 valence electrons. The standard InChI is InChI=1S/C28H36N4O3/c29-27(33)21-5-7-26(30-18-21)32-14-10-28(11-15-32)17-20-4-6-24(16-25(20)34-19-28)35-23-8-12-31(13-9-23)22-2-1-3-22/h4-7,16,18,22-23H,1-3,8-15,17,19H2,(H2,29,33). The molecular formula is C28H36N4O3. The van der Waals surface area contributed by atoms with E-state index < -0.39 is 5.91 Å². The Morgan fingerprint density at radius 1 is 1.06 bits per heavy atom. The minimum Gasteiger partial charge on any atom is -0.493 e. The molecule has 7 nitrogen and oxygen atoms in total. The summed E-state index contributed by atoms with van der Waals surface area (Å²) in [7, 11) is 0. The molecule has 0 atom stereocenters. The number of fused-ring (bicyclic) bond motifs is 1. The van der Waals surface area contributed by atoms with Crippen molar-refractivity contribution in [3.63, 3.8) is 0 Å². The molecule has 0 unspecified atom stereocenters. The molecule has 4 aliphatic rings.